The van der Waals surface area contributed by atoms with Crippen molar-refractivity contribution in [2.45, 2.75) is 0 Å². The molecule has 3 aromatic rings. The van der Waals surface area contributed by atoms with E-state index in [1.54, 1.807) is 25.6 Å². The van der Waals surface area contributed by atoms with E-state index in [2.05, 4.69) is 57.2 Å². The van der Waals surface area contributed by atoms with Gasteiger partial charge >= 0.3 is 0 Å². The molecule has 0 aliphatic heterocycles. The van der Waals surface area contributed by atoms with Crippen molar-refractivity contribution >= 4 is 43.6 Å². The highest BCUT2D eigenvalue weighted by atomic mass is 79.9. The van der Waals surface area contributed by atoms with E-state index in [4.69, 9.17) is 9.47 Å². The molecule has 0 amide bonds. The molecule has 0 radical (unpaired) electrons. The zero-order valence-electron chi connectivity index (χ0n) is 12.8. The zero-order chi connectivity index (χ0) is 16.2. The van der Waals surface area contributed by atoms with Gasteiger partial charge in [-0.25, -0.2) is 0 Å². The first kappa shape index (κ1) is 15.9. The fraction of sp³-hybridized carbons (Fsp3) is 0.111. The summed E-state index contributed by atoms with van der Waals surface area (Å²) in [5.74, 6) is 1.69. The Kier molecular flexibility index (Phi) is 4.88. The number of benzene rings is 2. The van der Waals surface area contributed by atoms with Gasteiger partial charge in [0.15, 0.2) is 0 Å². The van der Waals surface area contributed by atoms with Gasteiger partial charge in [-0.2, -0.15) is 0 Å². The van der Waals surface area contributed by atoms with Gasteiger partial charge in [0.2, 0.25) is 0 Å². The van der Waals surface area contributed by atoms with Crippen LogP contribution in [0.25, 0.3) is 0 Å². The third kappa shape index (κ3) is 3.51. The minimum absolute atomic E-state index is 0.843. The summed E-state index contributed by atoms with van der Waals surface area (Å²) in [4.78, 5) is 2.20. The van der Waals surface area contributed by atoms with Gasteiger partial charge < -0.3 is 14.4 Å². The zero-order valence-corrected chi connectivity index (χ0v) is 15.2. The van der Waals surface area contributed by atoms with Crippen LogP contribution in [0.5, 0.6) is 11.5 Å². The van der Waals surface area contributed by atoms with E-state index in [0.717, 1.165) is 31.7 Å². The molecule has 118 valence electrons. The summed E-state index contributed by atoms with van der Waals surface area (Å²) in [6.45, 7) is 0. The molecule has 0 unspecified atom stereocenters. The van der Waals surface area contributed by atoms with Crippen LogP contribution in [-0.2, 0) is 0 Å². The summed E-state index contributed by atoms with van der Waals surface area (Å²) in [6.07, 6.45) is 0. The predicted octanol–water partition coefficient (Wildman–Crippen LogP) is 6.00. The number of rotatable bonds is 5. The molecule has 3 nitrogen and oxygen atoms in total. The molecule has 0 aliphatic rings. The minimum Gasteiger partial charge on any atom is -0.497 e. The second kappa shape index (κ2) is 7.06. The van der Waals surface area contributed by atoms with E-state index < -0.39 is 0 Å². The van der Waals surface area contributed by atoms with Gasteiger partial charge in [-0.15, -0.1) is 11.3 Å². The molecule has 0 aliphatic carbocycles. The molecular formula is C18H16BrNO2S. The standard InChI is InChI=1S/C18H16BrNO2S/c1-21-15-7-3-13(4-8-15)20(18-12-11-17(19)23-18)14-5-9-16(22-2)10-6-14/h3-12H,1-2H3. The Balaban J connectivity index is 2.05. The number of methoxy groups -OCH3 is 2. The molecule has 1 aromatic heterocycles. The normalized spacial score (nSPS) is 10.4. The van der Waals surface area contributed by atoms with Gasteiger partial charge in [0.05, 0.1) is 18.0 Å². The highest BCUT2D eigenvalue weighted by molar-refractivity contribution is 9.11. The van der Waals surface area contributed by atoms with Crippen LogP contribution >= 0.6 is 27.3 Å². The quantitative estimate of drug-likeness (QED) is 0.534. The minimum atomic E-state index is 0.843. The third-order valence-corrected chi connectivity index (χ3v) is 5.05. The monoisotopic (exact) mass is 389 g/mol. The molecule has 23 heavy (non-hydrogen) atoms. The molecule has 1 heterocycles. The Hall–Kier alpha value is -1.98. The number of nitrogens with zero attached hydrogens (tertiary/aromatic N) is 1. The van der Waals surface area contributed by atoms with Crippen molar-refractivity contribution in [3.8, 4) is 11.5 Å². The first-order valence-corrected chi connectivity index (χ1v) is 8.66. The topological polar surface area (TPSA) is 21.7 Å². The van der Waals surface area contributed by atoms with Gasteiger partial charge in [-0.05, 0) is 76.6 Å². The predicted molar refractivity (Wildman–Crippen MR) is 99.8 cm³/mol. The number of halogens is 1. The smallest absolute Gasteiger partial charge is 0.119 e. The number of hydrogen-bond donors (Lipinski definition) is 0. The molecule has 0 atom stereocenters. The largest absolute Gasteiger partial charge is 0.497 e. The molecule has 0 spiro atoms. The maximum absolute atomic E-state index is 5.25. The van der Waals surface area contributed by atoms with Crippen molar-refractivity contribution in [2.24, 2.45) is 0 Å². The second-order valence-electron chi connectivity index (χ2n) is 4.81. The maximum atomic E-state index is 5.25. The molecule has 3 rings (SSSR count). The summed E-state index contributed by atoms with van der Waals surface area (Å²) in [5.41, 5.74) is 2.15. The summed E-state index contributed by atoms with van der Waals surface area (Å²) in [5, 5.41) is 1.13. The highest BCUT2D eigenvalue weighted by Gasteiger charge is 2.14. The average molecular weight is 390 g/mol. The van der Waals surface area contributed by atoms with Gasteiger partial charge in [-0.3, -0.25) is 0 Å². The van der Waals surface area contributed by atoms with Crippen LogP contribution in [0.4, 0.5) is 16.4 Å². The Morgan fingerprint density at radius 3 is 1.57 bits per heavy atom. The summed E-state index contributed by atoms with van der Waals surface area (Å²) in [6, 6.07) is 20.2. The number of thiophene rings is 1. The van der Waals surface area contributed by atoms with E-state index in [1.807, 2.05) is 24.3 Å². The van der Waals surface area contributed by atoms with E-state index in [-0.39, 0.29) is 0 Å². The van der Waals surface area contributed by atoms with Gasteiger partial charge in [0.25, 0.3) is 0 Å². The number of hydrogen-bond acceptors (Lipinski definition) is 4. The fourth-order valence-electron chi connectivity index (χ4n) is 2.29. The van der Waals surface area contributed by atoms with Crippen LogP contribution in [0.15, 0.2) is 64.5 Å². The lowest BCUT2D eigenvalue weighted by molar-refractivity contribution is 0.415. The van der Waals surface area contributed by atoms with Crippen LogP contribution in [-0.4, -0.2) is 14.2 Å². The Morgan fingerprint density at radius 1 is 0.739 bits per heavy atom. The SMILES string of the molecule is COc1ccc(N(c2ccc(OC)cc2)c2ccc(Br)s2)cc1. The van der Waals surface area contributed by atoms with Crippen molar-refractivity contribution in [1.29, 1.82) is 0 Å². The van der Waals surface area contributed by atoms with Crippen molar-refractivity contribution in [2.75, 3.05) is 19.1 Å². The van der Waals surface area contributed by atoms with Gasteiger partial charge in [-0.1, -0.05) is 0 Å². The second-order valence-corrected chi connectivity index (χ2v) is 7.25. The van der Waals surface area contributed by atoms with Crippen LogP contribution in [0.3, 0.4) is 0 Å². The third-order valence-electron chi connectivity index (χ3n) is 3.44. The van der Waals surface area contributed by atoms with Crippen LogP contribution in [0, 0.1) is 0 Å². The summed E-state index contributed by atoms with van der Waals surface area (Å²) in [7, 11) is 3.35. The average Bonchev–Trinajstić information content (AvgIpc) is 3.02. The van der Waals surface area contributed by atoms with E-state index in [9.17, 15) is 0 Å². The molecule has 0 bridgehead atoms. The van der Waals surface area contributed by atoms with Crippen LogP contribution in [0.1, 0.15) is 0 Å². The molecular weight excluding hydrogens is 374 g/mol. The molecule has 0 saturated heterocycles. The highest BCUT2D eigenvalue weighted by Crippen LogP contribution is 2.40. The lowest BCUT2D eigenvalue weighted by Crippen LogP contribution is -2.08. The van der Waals surface area contributed by atoms with Crippen molar-refractivity contribution in [3.05, 3.63) is 64.5 Å². The molecule has 5 heteroatoms. The Bertz CT molecular complexity index is 721. The van der Waals surface area contributed by atoms with E-state index in [0.29, 0.717) is 0 Å². The Morgan fingerprint density at radius 2 is 1.22 bits per heavy atom. The van der Waals surface area contributed by atoms with Gasteiger partial charge in [0, 0.05) is 11.4 Å². The Labute approximate surface area is 148 Å². The first-order chi connectivity index (χ1) is 11.2. The summed E-state index contributed by atoms with van der Waals surface area (Å²) >= 11 is 5.23. The van der Waals surface area contributed by atoms with E-state index >= 15 is 0 Å². The molecule has 0 fully saturated rings. The lowest BCUT2D eigenvalue weighted by atomic mass is 10.2. The van der Waals surface area contributed by atoms with Crippen LogP contribution in [0.2, 0.25) is 0 Å². The molecule has 0 saturated carbocycles. The van der Waals surface area contributed by atoms with Gasteiger partial charge in [0.1, 0.15) is 16.5 Å². The summed E-state index contributed by atoms with van der Waals surface area (Å²) < 4.78 is 11.6. The van der Waals surface area contributed by atoms with Crippen LogP contribution < -0.4 is 14.4 Å². The fourth-order valence-corrected chi connectivity index (χ4v) is 3.69. The van der Waals surface area contributed by atoms with E-state index in [1.165, 1.54) is 0 Å². The number of ether oxygens (including phenoxy) is 2. The van der Waals surface area contributed by atoms with Crippen molar-refractivity contribution in [3.63, 3.8) is 0 Å². The van der Waals surface area contributed by atoms with Crippen molar-refractivity contribution in [1.82, 2.24) is 0 Å². The number of anilines is 3. The maximum Gasteiger partial charge on any atom is 0.119 e. The molecule has 2 aromatic carbocycles. The lowest BCUT2D eigenvalue weighted by Gasteiger charge is -2.23. The first-order valence-electron chi connectivity index (χ1n) is 7.05. The molecule has 0 N–H and O–H groups in total. The van der Waals surface area contributed by atoms with Crippen molar-refractivity contribution < 1.29 is 9.47 Å².